The van der Waals surface area contributed by atoms with Crippen molar-refractivity contribution < 1.29 is 0 Å². The number of hydrogen-bond acceptors (Lipinski definition) is 5. The van der Waals surface area contributed by atoms with Gasteiger partial charge in [-0.25, -0.2) is 9.97 Å². The van der Waals surface area contributed by atoms with Gasteiger partial charge in [-0.1, -0.05) is 30.3 Å². The molecule has 3 rings (SSSR count). The zero-order valence-corrected chi connectivity index (χ0v) is 10.00. The summed E-state index contributed by atoms with van der Waals surface area (Å²) in [5.41, 5.74) is 7.38. The summed E-state index contributed by atoms with van der Waals surface area (Å²) in [6, 6.07) is 9.86. The molecule has 0 saturated heterocycles. The molecule has 0 aliphatic carbocycles. The summed E-state index contributed by atoms with van der Waals surface area (Å²) in [4.78, 5) is 26.5. The van der Waals surface area contributed by atoms with E-state index in [2.05, 4.69) is 19.9 Å². The lowest BCUT2D eigenvalue weighted by Crippen LogP contribution is -2.14. The molecule has 19 heavy (non-hydrogen) atoms. The second-order valence-electron chi connectivity index (χ2n) is 4.15. The van der Waals surface area contributed by atoms with Gasteiger partial charge in [-0.15, -0.1) is 0 Å². The molecular weight excluding hydrogens is 242 g/mol. The number of H-pyrrole nitrogens is 1. The highest BCUT2D eigenvalue weighted by Gasteiger charge is 2.06. The minimum atomic E-state index is -0.370. The molecule has 2 aromatic heterocycles. The van der Waals surface area contributed by atoms with Crippen molar-refractivity contribution in [2.24, 2.45) is 0 Å². The molecule has 0 aliphatic rings. The van der Waals surface area contributed by atoms with Gasteiger partial charge in [-0.05, 0) is 5.56 Å². The smallest absolute Gasteiger partial charge is 0.280 e. The zero-order chi connectivity index (χ0) is 13.2. The summed E-state index contributed by atoms with van der Waals surface area (Å²) in [5.74, 6) is 0.0441. The highest BCUT2D eigenvalue weighted by atomic mass is 16.1. The molecule has 6 nitrogen and oxygen atoms in total. The Kier molecular flexibility index (Phi) is 2.68. The Bertz CT molecular complexity index is 782. The van der Waals surface area contributed by atoms with Crippen LogP contribution in [0.5, 0.6) is 0 Å². The average Bonchev–Trinajstić information content (AvgIpc) is 2.40. The molecule has 3 aromatic rings. The number of nitrogens with two attached hydrogens (primary N) is 1. The van der Waals surface area contributed by atoms with Crippen LogP contribution < -0.4 is 11.3 Å². The molecular formula is C13H11N5O. The average molecular weight is 253 g/mol. The van der Waals surface area contributed by atoms with Gasteiger partial charge in [0.2, 0.25) is 5.95 Å². The van der Waals surface area contributed by atoms with Crippen LogP contribution in [0.1, 0.15) is 11.3 Å². The quantitative estimate of drug-likeness (QED) is 0.706. The van der Waals surface area contributed by atoms with Crippen LogP contribution in [0.15, 0.2) is 41.3 Å². The Morgan fingerprint density at radius 1 is 1.16 bits per heavy atom. The lowest BCUT2D eigenvalue weighted by molar-refractivity contribution is 1.04. The molecule has 6 heteroatoms. The van der Waals surface area contributed by atoms with E-state index in [1.807, 2.05) is 30.3 Å². The van der Waals surface area contributed by atoms with Gasteiger partial charge in [0, 0.05) is 6.42 Å². The number of anilines is 1. The standard InChI is InChI=1S/C13H11N5O/c14-13-17-11-10(12(19)18-13)16-9(7-15-11)6-8-4-2-1-3-5-8/h1-5,7H,6H2,(H3,14,15,17,18,19). The summed E-state index contributed by atoms with van der Waals surface area (Å²) in [6.45, 7) is 0. The number of rotatable bonds is 2. The minimum absolute atomic E-state index is 0.0441. The Labute approximate surface area is 108 Å². The molecule has 0 radical (unpaired) electrons. The molecule has 0 saturated carbocycles. The molecule has 1 aromatic carbocycles. The molecule has 0 atom stereocenters. The largest absolute Gasteiger partial charge is 0.369 e. The number of benzene rings is 1. The first kappa shape index (κ1) is 11.3. The number of nitrogen functional groups attached to an aromatic ring is 1. The summed E-state index contributed by atoms with van der Waals surface area (Å²) in [7, 11) is 0. The Hall–Kier alpha value is -2.76. The zero-order valence-electron chi connectivity index (χ0n) is 10.00. The van der Waals surface area contributed by atoms with Crippen LogP contribution in [0, 0.1) is 0 Å². The van der Waals surface area contributed by atoms with Crippen molar-refractivity contribution in [2.45, 2.75) is 6.42 Å². The molecule has 0 fully saturated rings. The van der Waals surface area contributed by atoms with E-state index in [0.29, 0.717) is 6.42 Å². The van der Waals surface area contributed by atoms with E-state index in [1.165, 1.54) is 0 Å². The molecule has 0 aliphatic heterocycles. The van der Waals surface area contributed by atoms with Crippen LogP contribution in [0.2, 0.25) is 0 Å². The van der Waals surface area contributed by atoms with Gasteiger partial charge in [0.1, 0.15) is 0 Å². The first-order valence-electron chi connectivity index (χ1n) is 5.78. The predicted molar refractivity (Wildman–Crippen MR) is 71.6 cm³/mol. The van der Waals surface area contributed by atoms with Gasteiger partial charge >= 0.3 is 0 Å². The maximum absolute atomic E-state index is 11.7. The molecule has 0 bridgehead atoms. The van der Waals surface area contributed by atoms with E-state index in [0.717, 1.165) is 11.3 Å². The summed E-state index contributed by atoms with van der Waals surface area (Å²) in [6.07, 6.45) is 2.23. The van der Waals surface area contributed by atoms with Gasteiger partial charge in [-0.2, -0.15) is 4.98 Å². The summed E-state index contributed by atoms with van der Waals surface area (Å²) < 4.78 is 0. The Morgan fingerprint density at radius 2 is 1.95 bits per heavy atom. The van der Waals surface area contributed by atoms with Crippen LogP contribution >= 0.6 is 0 Å². The van der Waals surface area contributed by atoms with Crippen LogP contribution in [0.4, 0.5) is 5.95 Å². The molecule has 0 unspecified atom stereocenters. The van der Waals surface area contributed by atoms with E-state index in [4.69, 9.17) is 5.73 Å². The van der Waals surface area contributed by atoms with Crippen molar-refractivity contribution in [3.8, 4) is 0 Å². The Balaban J connectivity index is 2.05. The Morgan fingerprint density at radius 3 is 2.74 bits per heavy atom. The lowest BCUT2D eigenvalue weighted by atomic mass is 10.1. The highest BCUT2D eigenvalue weighted by molar-refractivity contribution is 5.69. The highest BCUT2D eigenvalue weighted by Crippen LogP contribution is 2.08. The third-order valence-corrected chi connectivity index (χ3v) is 2.71. The third kappa shape index (κ3) is 2.28. The molecule has 0 spiro atoms. The second-order valence-corrected chi connectivity index (χ2v) is 4.15. The number of aromatic amines is 1. The first-order valence-corrected chi connectivity index (χ1v) is 5.78. The van der Waals surface area contributed by atoms with Crippen molar-refractivity contribution in [2.75, 3.05) is 5.73 Å². The van der Waals surface area contributed by atoms with Gasteiger partial charge in [0.05, 0.1) is 11.9 Å². The second kappa shape index (κ2) is 4.49. The maximum atomic E-state index is 11.7. The van der Waals surface area contributed by atoms with Crippen LogP contribution in [-0.4, -0.2) is 19.9 Å². The molecule has 94 valence electrons. The van der Waals surface area contributed by atoms with Crippen LogP contribution in [0.3, 0.4) is 0 Å². The summed E-state index contributed by atoms with van der Waals surface area (Å²) in [5, 5.41) is 0. The normalized spacial score (nSPS) is 10.7. The number of nitrogens with zero attached hydrogens (tertiary/aromatic N) is 3. The number of hydrogen-bond donors (Lipinski definition) is 2. The predicted octanol–water partition coefficient (Wildman–Crippen LogP) is 0.886. The SMILES string of the molecule is Nc1nc2ncc(Cc3ccccc3)nc2c(=O)[nH]1. The van der Waals surface area contributed by atoms with Crippen molar-refractivity contribution in [3.63, 3.8) is 0 Å². The molecule has 3 N–H and O–H groups in total. The lowest BCUT2D eigenvalue weighted by Gasteiger charge is -2.02. The molecule has 0 amide bonds. The van der Waals surface area contributed by atoms with Crippen molar-refractivity contribution in [1.29, 1.82) is 0 Å². The first-order chi connectivity index (χ1) is 9.22. The fourth-order valence-corrected chi connectivity index (χ4v) is 1.86. The fourth-order valence-electron chi connectivity index (χ4n) is 1.86. The van der Waals surface area contributed by atoms with Gasteiger partial charge in [0.25, 0.3) is 5.56 Å². The van der Waals surface area contributed by atoms with Crippen LogP contribution in [-0.2, 0) is 6.42 Å². The van der Waals surface area contributed by atoms with Gasteiger partial charge < -0.3 is 5.73 Å². The third-order valence-electron chi connectivity index (χ3n) is 2.71. The maximum Gasteiger partial charge on any atom is 0.280 e. The minimum Gasteiger partial charge on any atom is -0.369 e. The summed E-state index contributed by atoms with van der Waals surface area (Å²) >= 11 is 0. The van der Waals surface area contributed by atoms with E-state index in [1.54, 1.807) is 6.20 Å². The van der Waals surface area contributed by atoms with E-state index in [9.17, 15) is 4.79 Å². The molecule has 2 heterocycles. The number of aromatic nitrogens is 4. The van der Waals surface area contributed by atoms with E-state index in [-0.39, 0.29) is 22.7 Å². The fraction of sp³-hybridized carbons (Fsp3) is 0.0769. The van der Waals surface area contributed by atoms with Gasteiger partial charge in [0.15, 0.2) is 11.2 Å². The van der Waals surface area contributed by atoms with Crippen LogP contribution in [0.25, 0.3) is 11.2 Å². The topological polar surface area (TPSA) is 97.5 Å². The van der Waals surface area contributed by atoms with Gasteiger partial charge in [-0.3, -0.25) is 9.78 Å². The van der Waals surface area contributed by atoms with Crippen molar-refractivity contribution >= 4 is 17.1 Å². The number of nitrogens with one attached hydrogen (secondary N) is 1. The monoisotopic (exact) mass is 253 g/mol. The van der Waals surface area contributed by atoms with E-state index >= 15 is 0 Å². The van der Waals surface area contributed by atoms with Crippen molar-refractivity contribution in [3.05, 3.63) is 58.1 Å². The van der Waals surface area contributed by atoms with E-state index < -0.39 is 0 Å². The van der Waals surface area contributed by atoms with Crippen molar-refractivity contribution in [1.82, 2.24) is 19.9 Å². The number of fused-ring (bicyclic) bond motifs is 1.